The van der Waals surface area contributed by atoms with Crippen LogP contribution in [0.1, 0.15) is 38.6 Å². The number of fused-ring (bicyclic) bond motifs is 3. The van der Waals surface area contributed by atoms with Gasteiger partial charge in [-0.1, -0.05) is 48.5 Å². The van der Waals surface area contributed by atoms with Gasteiger partial charge in [0.05, 0.1) is 0 Å². The molecule has 0 saturated heterocycles. The van der Waals surface area contributed by atoms with Crippen LogP contribution in [0.5, 0.6) is 0 Å². The highest BCUT2D eigenvalue weighted by Gasteiger charge is 2.29. The summed E-state index contributed by atoms with van der Waals surface area (Å²) in [5.74, 6) is -0.0595. The number of ether oxygens (including phenoxy) is 1. The number of aliphatic hydroxyl groups excluding tert-OH is 2. The number of aliphatic hydroxyl groups is 2. The quantitative estimate of drug-likeness (QED) is 0.503. The monoisotopic (exact) mass is 424 g/mol. The van der Waals surface area contributed by atoms with E-state index in [1.165, 1.54) is 5.38 Å². The largest absolute Gasteiger partial charge is 0.449 e. The number of nitrogens with zero attached hydrogens (tertiary/aromatic N) is 1. The average molecular weight is 424 g/mol. The van der Waals surface area contributed by atoms with Crippen molar-refractivity contribution in [3.63, 3.8) is 0 Å². The van der Waals surface area contributed by atoms with Crippen molar-refractivity contribution in [3.05, 3.63) is 75.7 Å². The van der Waals surface area contributed by atoms with Gasteiger partial charge < -0.3 is 20.3 Å². The Morgan fingerprint density at radius 1 is 1.13 bits per heavy atom. The van der Waals surface area contributed by atoms with Crippen LogP contribution in [-0.4, -0.2) is 46.8 Å². The van der Waals surface area contributed by atoms with E-state index in [0.717, 1.165) is 33.6 Å². The molecule has 4 rings (SSSR count). The molecule has 1 amide bonds. The number of alkyl carbamates (subject to hydrolysis) is 1. The van der Waals surface area contributed by atoms with Crippen molar-refractivity contribution in [2.24, 2.45) is 0 Å². The van der Waals surface area contributed by atoms with Gasteiger partial charge in [0.15, 0.2) is 6.29 Å². The molecule has 0 bridgehead atoms. The Labute approximate surface area is 177 Å². The summed E-state index contributed by atoms with van der Waals surface area (Å²) < 4.78 is 5.39. The molecule has 0 saturated carbocycles. The molecule has 2 unspecified atom stereocenters. The fourth-order valence-corrected chi connectivity index (χ4v) is 4.41. The number of nitrogens with one attached hydrogen (secondary N) is 1. The summed E-state index contributed by atoms with van der Waals surface area (Å²) in [6, 6.07) is 16.1. The van der Waals surface area contributed by atoms with Crippen LogP contribution >= 0.6 is 11.3 Å². The third-order valence-electron chi connectivity index (χ3n) is 5.08. The maximum absolute atomic E-state index is 12.2. The minimum atomic E-state index is -1.31. The number of benzene rings is 2. The number of hydrogen-bond acceptors (Lipinski definition) is 7. The third-order valence-corrected chi connectivity index (χ3v) is 6.01. The smallest absolute Gasteiger partial charge is 0.407 e. The lowest BCUT2D eigenvalue weighted by Gasteiger charge is -2.18. The van der Waals surface area contributed by atoms with Gasteiger partial charge in [0, 0.05) is 17.8 Å². The predicted octanol–water partition coefficient (Wildman–Crippen LogP) is 2.89. The predicted molar refractivity (Wildman–Crippen MR) is 112 cm³/mol. The Morgan fingerprint density at radius 2 is 1.77 bits per heavy atom. The molecule has 0 fully saturated rings. The second kappa shape index (κ2) is 8.74. The zero-order valence-corrected chi connectivity index (χ0v) is 16.7. The maximum Gasteiger partial charge on any atom is 0.407 e. The van der Waals surface area contributed by atoms with Crippen LogP contribution in [0, 0.1) is 0 Å². The van der Waals surface area contributed by atoms with Gasteiger partial charge in [0.25, 0.3) is 0 Å². The number of hydrogen-bond donors (Lipinski definition) is 3. The Morgan fingerprint density at radius 3 is 2.37 bits per heavy atom. The van der Waals surface area contributed by atoms with E-state index in [-0.39, 0.29) is 29.8 Å². The number of carbonyl (C=O) groups excluding carboxylic acids is 2. The number of thiazole rings is 1. The van der Waals surface area contributed by atoms with Gasteiger partial charge in [-0.15, -0.1) is 11.3 Å². The number of carbonyl (C=O) groups is 2. The van der Waals surface area contributed by atoms with E-state index in [1.54, 1.807) is 0 Å². The fraction of sp³-hybridized carbons (Fsp3) is 0.227. The van der Waals surface area contributed by atoms with E-state index in [2.05, 4.69) is 22.4 Å². The maximum atomic E-state index is 12.2. The van der Waals surface area contributed by atoms with Gasteiger partial charge in [-0.3, -0.25) is 4.79 Å². The molecular weight excluding hydrogens is 404 g/mol. The summed E-state index contributed by atoms with van der Waals surface area (Å²) >= 11 is 1.06. The molecule has 154 valence electrons. The highest BCUT2D eigenvalue weighted by Crippen LogP contribution is 2.44. The Balaban J connectivity index is 1.33. The minimum absolute atomic E-state index is 0.0595. The lowest BCUT2D eigenvalue weighted by atomic mass is 9.98. The van der Waals surface area contributed by atoms with Crippen LogP contribution in [0.2, 0.25) is 0 Å². The fourth-order valence-electron chi connectivity index (χ4n) is 3.60. The molecule has 3 aromatic rings. The van der Waals surface area contributed by atoms with Crippen LogP contribution in [0.4, 0.5) is 4.79 Å². The van der Waals surface area contributed by atoms with Crippen LogP contribution in [0.15, 0.2) is 53.9 Å². The first-order valence-corrected chi connectivity index (χ1v) is 10.3. The molecule has 8 heteroatoms. The van der Waals surface area contributed by atoms with Crippen molar-refractivity contribution in [1.82, 2.24) is 10.3 Å². The van der Waals surface area contributed by atoms with E-state index in [4.69, 9.17) is 4.74 Å². The van der Waals surface area contributed by atoms with E-state index >= 15 is 0 Å². The standard InChI is InChI=1S/C22H20N2O5S/c25-10-13-12-30-21(24-13)20(27)19(26)9-23-22(28)29-11-18-16-7-3-1-5-14(16)15-6-2-4-8-17(15)18/h1-8,10,12,18-20,26-27H,9,11H2,(H,23,28). The lowest BCUT2D eigenvalue weighted by Crippen LogP contribution is -2.36. The Hall–Kier alpha value is -3.07. The van der Waals surface area contributed by atoms with Gasteiger partial charge in [0.1, 0.15) is 29.5 Å². The summed E-state index contributed by atoms with van der Waals surface area (Å²) in [4.78, 5) is 26.7. The van der Waals surface area contributed by atoms with Crippen molar-refractivity contribution < 1.29 is 24.5 Å². The number of aromatic nitrogens is 1. The highest BCUT2D eigenvalue weighted by atomic mass is 32.1. The SMILES string of the molecule is O=Cc1csc(C(O)C(O)CNC(=O)OCC2c3ccccc3-c3ccccc32)n1. The van der Waals surface area contributed by atoms with Crippen LogP contribution < -0.4 is 5.32 Å². The van der Waals surface area contributed by atoms with Crippen molar-refractivity contribution in [2.45, 2.75) is 18.1 Å². The molecule has 0 aliphatic heterocycles. The summed E-state index contributed by atoms with van der Waals surface area (Å²) in [5, 5.41) is 24.4. The van der Waals surface area contributed by atoms with Gasteiger partial charge in [-0.25, -0.2) is 9.78 Å². The van der Waals surface area contributed by atoms with E-state index in [0.29, 0.717) is 6.29 Å². The molecule has 2 atom stereocenters. The van der Waals surface area contributed by atoms with Gasteiger partial charge in [-0.2, -0.15) is 0 Å². The summed E-state index contributed by atoms with van der Waals surface area (Å²) in [7, 11) is 0. The van der Waals surface area contributed by atoms with E-state index in [9.17, 15) is 19.8 Å². The highest BCUT2D eigenvalue weighted by molar-refractivity contribution is 7.09. The molecule has 1 heterocycles. The van der Waals surface area contributed by atoms with E-state index < -0.39 is 18.3 Å². The van der Waals surface area contributed by atoms with Gasteiger partial charge in [0.2, 0.25) is 0 Å². The Bertz CT molecular complexity index is 1020. The van der Waals surface area contributed by atoms with Crippen molar-refractivity contribution in [2.75, 3.05) is 13.2 Å². The second-order valence-corrected chi connectivity index (χ2v) is 7.84. The molecule has 7 nitrogen and oxygen atoms in total. The molecular formula is C22H20N2O5S. The van der Waals surface area contributed by atoms with Crippen LogP contribution in [0.25, 0.3) is 11.1 Å². The molecule has 1 aliphatic carbocycles. The van der Waals surface area contributed by atoms with Crippen molar-refractivity contribution >= 4 is 23.7 Å². The summed E-state index contributed by atoms with van der Waals surface area (Å²) in [6.45, 7) is -0.0540. The molecule has 1 aliphatic rings. The Kier molecular flexibility index (Phi) is 5.89. The molecule has 0 radical (unpaired) electrons. The normalized spacial score (nSPS) is 14.5. The first-order valence-electron chi connectivity index (χ1n) is 9.44. The first kappa shape index (κ1) is 20.2. The number of amides is 1. The zero-order valence-electron chi connectivity index (χ0n) is 15.9. The molecule has 0 spiro atoms. The lowest BCUT2D eigenvalue weighted by molar-refractivity contribution is 0.0184. The van der Waals surface area contributed by atoms with Crippen LogP contribution in [0.3, 0.4) is 0 Å². The first-order chi connectivity index (χ1) is 14.6. The zero-order chi connectivity index (χ0) is 21.1. The summed E-state index contributed by atoms with van der Waals surface area (Å²) in [6.07, 6.45) is -2.71. The number of aldehydes is 1. The van der Waals surface area contributed by atoms with E-state index in [1.807, 2.05) is 36.4 Å². The second-order valence-electron chi connectivity index (χ2n) is 6.95. The number of rotatable bonds is 7. The molecule has 2 aromatic carbocycles. The van der Waals surface area contributed by atoms with Crippen LogP contribution in [-0.2, 0) is 4.74 Å². The summed E-state index contributed by atoms with van der Waals surface area (Å²) in [5.41, 5.74) is 4.68. The topological polar surface area (TPSA) is 109 Å². The minimum Gasteiger partial charge on any atom is -0.449 e. The molecule has 1 aromatic heterocycles. The van der Waals surface area contributed by atoms with Gasteiger partial charge >= 0.3 is 6.09 Å². The average Bonchev–Trinajstić information content (AvgIpc) is 3.38. The van der Waals surface area contributed by atoms with Gasteiger partial charge in [-0.05, 0) is 22.3 Å². The molecule has 3 N–H and O–H groups in total. The third kappa shape index (κ3) is 3.97. The molecule has 30 heavy (non-hydrogen) atoms. The van der Waals surface area contributed by atoms with Crippen molar-refractivity contribution in [3.8, 4) is 11.1 Å². The van der Waals surface area contributed by atoms with Crippen molar-refractivity contribution in [1.29, 1.82) is 0 Å².